The van der Waals surface area contributed by atoms with Crippen LogP contribution in [-0.4, -0.2) is 55.0 Å². The summed E-state index contributed by atoms with van der Waals surface area (Å²) in [7, 11) is 0. The fourth-order valence-corrected chi connectivity index (χ4v) is 2.04. The number of nitrogens with one attached hydrogen (secondary N) is 1. The Labute approximate surface area is 127 Å². The van der Waals surface area contributed by atoms with Crippen molar-refractivity contribution in [1.82, 2.24) is 5.32 Å². The summed E-state index contributed by atoms with van der Waals surface area (Å²) >= 11 is 0. The minimum Gasteiger partial charge on any atom is -0.463 e. The highest BCUT2D eigenvalue weighted by molar-refractivity contribution is 5.74. The first kappa shape index (κ1) is 17.9. The van der Waals surface area contributed by atoms with E-state index in [1.165, 1.54) is 27.7 Å². The minimum absolute atomic E-state index is 0.207. The molecule has 1 unspecified atom stereocenters. The van der Waals surface area contributed by atoms with Crippen molar-refractivity contribution in [2.75, 3.05) is 6.61 Å². The number of esters is 3. The Kier molecular flexibility index (Phi) is 6.29. The fraction of sp³-hybridized carbons (Fsp3) is 0.692. The molecule has 0 aromatic heterocycles. The second kappa shape index (κ2) is 7.74. The summed E-state index contributed by atoms with van der Waals surface area (Å²) in [5, 5.41) is 2.51. The van der Waals surface area contributed by atoms with Crippen molar-refractivity contribution < 1.29 is 38.1 Å². The number of amides is 1. The number of rotatable bonds is 5. The third-order valence-corrected chi connectivity index (χ3v) is 2.73. The van der Waals surface area contributed by atoms with Crippen LogP contribution in [0.25, 0.3) is 0 Å². The molecule has 0 radical (unpaired) electrons. The lowest BCUT2D eigenvalue weighted by Gasteiger charge is -2.23. The normalized spacial score (nSPS) is 26.9. The summed E-state index contributed by atoms with van der Waals surface area (Å²) in [5.74, 6) is -2.21. The van der Waals surface area contributed by atoms with Gasteiger partial charge in [0.1, 0.15) is 18.8 Å². The second-order valence-electron chi connectivity index (χ2n) is 4.76. The Bertz CT molecular complexity index is 463. The van der Waals surface area contributed by atoms with E-state index >= 15 is 0 Å². The van der Waals surface area contributed by atoms with Crippen LogP contribution in [0.1, 0.15) is 27.7 Å². The number of hydrogen-bond donors (Lipinski definition) is 1. The summed E-state index contributed by atoms with van der Waals surface area (Å²) in [6, 6.07) is -0.897. The average molecular weight is 317 g/mol. The van der Waals surface area contributed by atoms with Crippen LogP contribution in [-0.2, 0) is 38.1 Å². The Morgan fingerprint density at radius 2 is 1.55 bits per heavy atom. The zero-order chi connectivity index (χ0) is 16.9. The van der Waals surface area contributed by atoms with Crippen molar-refractivity contribution in [3.05, 3.63) is 0 Å². The van der Waals surface area contributed by atoms with Gasteiger partial charge in [0.25, 0.3) is 0 Å². The molecule has 9 heteroatoms. The van der Waals surface area contributed by atoms with Crippen LogP contribution in [0.3, 0.4) is 0 Å². The Morgan fingerprint density at radius 1 is 0.955 bits per heavy atom. The van der Waals surface area contributed by atoms with Gasteiger partial charge in [-0.1, -0.05) is 0 Å². The Balaban J connectivity index is 2.94. The maximum absolute atomic E-state index is 11.3. The van der Waals surface area contributed by atoms with E-state index < -0.39 is 48.4 Å². The maximum atomic E-state index is 11.3. The molecule has 1 rings (SSSR count). The molecular formula is C13H19NO8. The van der Waals surface area contributed by atoms with Crippen LogP contribution in [0.15, 0.2) is 0 Å². The Hall–Kier alpha value is -2.16. The molecule has 0 saturated carbocycles. The number of carbonyl (C=O) groups is 4. The predicted molar refractivity (Wildman–Crippen MR) is 70.2 cm³/mol. The lowest BCUT2D eigenvalue weighted by Crippen LogP contribution is -2.50. The van der Waals surface area contributed by atoms with E-state index in [0.717, 1.165) is 0 Å². The summed E-state index contributed by atoms with van der Waals surface area (Å²) < 4.78 is 20.4. The standard InChI is InChI=1S/C13H19NO8/c1-6(15)14-11-12(20-8(3)17)10(5-19-7(2)16)22-13(11)21-9(4)18/h10-13H,5H2,1-4H3,(H,14,15)/t10-,11-,12-,13?/m1/s1. The molecule has 0 aromatic rings. The van der Waals surface area contributed by atoms with Gasteiger partial charge in [-0.2, -0.15) is 0 Å². The van der Waals surface area contributed by atoms with Gasteiger partial charge >= 0.3 is 17.9 Å². The molecule has 0 bridgehead atoms. The smallest absolute Gasteiger partial charge is 0.305 e. The van der Waals surface area contributed by atoms with Gasteiger partial charge in [0, 0.05) is 27.7 Å². The molecule has 0 spiro atoms. The highest BCUT2D eigenvalue weighted by atomic mass is 16.7. The summed E-state index contributed by atoms with van der Waals surface area (Å²) in [5.41, 5.74) is 0. The van der Waals surface area contributed by atoms with Gasteiger partial charge in [-0.15, -0.1) is 0 Å². The van der Waals surface area contributed by atoms with Crippen LogP contribution in [0, 0.1) is 0 Å². The van der Waals surface area contributed by atoms with Gasteiger partial charge in [-0.05, 0) is 0 Å². The van der Waals surface area contributed by atoms with Crippen molar-refractivity contribution in [3.8, 4) is 0 Å². The van der Waals surface area contributed by atoms with Crippen molar-refractivity contribution in [1.29, 1.82) is 0 Å². The molecule has 124 valence electrons. The number of ether oxygens (including phenoxy) is 4. The minimum atomic E-state index is -1.15. The molecule has 0 aliphatic carbocycles. The molecule has 1 heterocycles. The van der Waals surface area contributed by atoms with Gasteiger partial charge in [0.05, 0.1) is 0 Å². The van der Waals surface area contributed by atoms with Crippen molar-refractivity contribution >= 4 is 23.8 Å². The van der Waals surface area contributed by atoms with Crippen molar-refractivity contribution in [2.45, 2.75) is 52.2 Å². The lowest BCUT2D eigenvalue weighted by atomic mass is 10.1. The van der Waals surface area contributed by atoms with E-state index in [1.807, 2.05) is 0 Å². The molecule has 22 heavy (non-hydrogen) atoms. The van der Waals surface area contributed by atoms with Crippen molar-refractivity contribution in [2.24, 2.45) is 0 Å². The van der Waals surface area contributed by atoms with Gasteiger partial charge in [-0.25, -0.2) is 0 Å². The summed E-state index contributed by atoms with van der Waals surface area (Å²) in [6.45, 7) is 4.63. The van der Waals surface area contributed by atoms with Gasteiger partial charge in [-0.3, -0.25) is 19.2 Å². The largest absolute Gasteiger partial charge is 0.463 e. The molecule has 1 saturated heterocycles. The van der Waals surface area contributed by atoms with Crippen LogP contribution in [0.5, 0.6) is 0 Å². The summed E-state index contributed by atoms with van der Waals surface area (Å²) in [6.07, 6.45) is -2.97. The predicted octanol–water partition coefficient (Wildman–Crippen LogP) is -0.726. The van der Waals surface area contributed by atoms with Crippen molar-refractivity contribution in [3.63, 3.8) is 0 Å². The van der Waals surface area contributed by atoms with Crippen LogP contribution >= 0.6 is 0 Å². The third kappa shape index (κ3) is 5.32. The van der Waals surface area contributed by atoms with E-state index in [-0.39, 0.29) is 6.61 Å². The Morgan fingerprint density at radius 3 is 2.00 bits per heavy atom. The van der Waals surface area contributed by atoms with Gasteiger partial charge in [0.2, 0.25) is 12.2 Å². The molecule has 0 aromatic carbocycles. The van der Waals surface area contributed by atoms with E-state index in [2.05, 4.69) is 5.32 Å². The first-order valence-corrected chi connectivity index (χ1v) is 6.61. The van der Waals surface area contributed by atoms with E-state index in [4.69, 9.17) is 18.9 Å². The van der Waals surface area contributed by atoms with Gasteiger partial charge in [0.15, 0.2) is 6.10 Å². The van der Waals surface area contributed by atoms with Crippen LogP contribution in [0.2, 0.25) is 0 Å². The van der Waals surface area contributed by atoms with Crippen LogP contribution in [0.4, 0.5) is 0 Å². The molecular weight excluding hydrogens is 298 g/mol. The van der Waals surface area contributed by atoms with E-state index in [0.29, 0.717) is 0 Å². The molecule has 1 fully saturated rings. The average Bonchev–Trinajstić information content (AvgIpc) is 2.63. The molecule has 9 nitrogen and oxygen atoms in total. The lowest BCUT2D eigenvalue weighted by molar-refractivity contribution is -0.182. The van der Waals surface area contributed by atoms with E-state index in [9.17, 15) is 19.2 Å². The van der Waals surface area contributed by atoms with E-state index in [1.54, 1.807) is 0 Å². The molecule has 4 atom stereocenters. The molecule has 1 aliphatic rings. The summed E-state index contributed by atoms with van der Waals surface area (Å²) in [4.78, 5) is 44.6. The zero-order valence-corrected chi connectivity index (χ0v) is 12.8. The van der Waals surface area contributed by atoms with Gasteiger partial charge < -0.3 is 24.3 Å². The highest BCUT2D eigenvalue weighted by Gasteiger charge is 2.49. The number of carbonyl (C=O) groups excluding carboxylic acids is 4. The molecule has 1 N–H and O–H groups in total. The topological polar surface area (TPSA) is 117 Å². The highest BCUT2D eigenvalue weighted by Crippen LogP contribution is 2.26. The third-order valence-electron chi connectivity index (χ3n) is 2.73. The van der Waals surface area contributed by atoms with Crippen LogP contribution < -0.4 is 5.32 Å². The second-order valence-corrected chi connectivity index (χ2v) is 4.76. The first-order chi connectivity index (χ1) is 10.2. The monoisotopic (exact) mass is 317 g/mol. The maximum Gasteiger partial charge on any atom is 0.305 e. The number of hydrogen-bond acceptors (Lipinski definition) is 8. The molecule has 1 amide bonds. The first-order valence-electron chi connectivity index (χ1n) is 6.61. The quantitative estimate of drug-likeness (QED) is 0.521. The molecule has 1 aliphatic heterocycles. The zero-order valence-electron chi connectivity index (χ0n) is 12.8. The SMILES string of the molecule is CC(=O)N[C@H]1C(OC(C)=O)O[C@H](COC(C)=O)[C@H]1OC(C)=O. The fourth-order valence-electron chi connectivity index (χ4n) is 2.04.